The van der Waals surface area contributed by atoms with Gasteiger partial charge < -0.3 is 11.1 Å². The number of nitrogens with one attached hydrogen (secondary N) is 1. The highest BCUT2D eigenvalue weighted by molar-refractivity contribution is 5.90. The third-order valence-corrected chi connectivity index (χ3v) is 2.46. The van der Waals surface area contributed by atoms with Gasteiger partial charge >= 0.3 is 0 Å². The Balaban J connectivity index is 2.43. The van der Waals surface area contributed by atoms with Gasteiger partial charge in [0.1, 0.15) is 6.04 Å². The molecule has 16 heavy (non-hydrogen) atoms. The molecule has 82 valence electrons. The number of benzene rings is 1. The van der Waals surface area contributed by atoms with E-state index < -0.39 is 6.04 Å². The van der Waals surface area contributed by atoms with Crippen LogP contribution in [0.5, 0.6) is 0 Å². The minimum Gasteiger partial charge on any atom is -0.328 e. The Labute approximate surface area is 94.7 Å². The van der Waals surface area contributed by atoms with Gasteiger partial charge in [-0.25, -0.2) is 0 Å². The molecule has 0 spiro atoms. The molecule has 3 heteroatoms. The number of rotatable bonds is 1. The Hall–Kier alpha value is -1.87. The molecule has 0 radical (unpaired) electrons. The molecule has 1 unspecified atom stereocenters. The molecule has 1 aromatic rings. The average Bonchev–Trinajstić information content (AvgIpc) is 2.40. The average molecular weight is 214 g/mol. The molecule has 0 aromatic heterocycles. The van der Waals surface area contributed by atoms with Gasteiger partial charge in [-0.05, 0) is 24.1 Å². The summed E-state index contributed by atoms with van der Waals surface area (Å²) in [4.78, 5) is 11.5. The second-order valence-electron chi connectivity index (χ2n) is 3.83. The van der Waals surface area contributed by atoms with Gasteiger partial charge in [-0.1, -0.05) is 36.4 Å². The first kappa shape index (κ1) is 10.6. The van der Waals surface area contributed by atoms with Crippen molar-refractivity contribution < 1.29 is 4.79 Å². The first-order valence-electron chi connectivity index (χ1n) is 5.19. The van der Waals surface area contributed by atoms with Crippen LogP contribution in [0.3, 0.4) is 0 Å². The fraction of sp³-hybridized carbons (Fsp3) is 0.154. The maximum atomic E-state index is 11.5. The van der Waals surface area contributed by atoms with Crippen molar-refractivity contribution in [1.29, 1.82) is 0 Å². The largest absolute Gasteiger partial charge is 0.328 e. The minimum atomic E-state index is -0.594. The number of allylic oxidation sites excluding steroid dienone is 3. The van der Waals surface area contributed by atoms with Crippen LogP contribution in [0.4, 0.5) is 0 Å². The molecule has 0 aliphatic carbocycles. The summed E-state index contributed by atoms with van der Waals surface area (Å²) in [5.41, 5.74) is 8.60. The number of hydrogen-bond donors (Lipinski definition) is 2. The van der Waals surface area contributed by atoms with Crippen molar-refractivity contribution in [2.45, 2.75) is 13.0 Å². The van der Waals surface area contributed by atoms with Gasteiger partial charge in [-0.3, -0.25) is 4.79 Å². The lowest BCUT2D eigenvalue weighted by atomic mass is 10.0. The summed E-state index contributed by atoms with van der Waals surface area (Å²) in [5.74, 6) is -0.167. The minimum absolute atomic E-state index is 0.167. The van der Waals surface area contributed by atoms with E-state index in [1.165, 1.54) is 0 Å². The topological polar surface area (TPSA) is 55.1 Å². The molecule has 2 rings (SSSR count). The van der Waals surface area contributed by atoms with Gasteiger partial charge in [-0.15, -0.1) is 0 Å². The molecule has 1 atom stereocenters. The van der Waals surface area contributed by atoms with Gasteiger partial charge in [0.2, 0.25) is 5.91 Å². The summed E-state index contributed by atoms with van der Waals surface area (Å²) in [5, 5.41) is 2.74. The summed E-state index contributed by atoms with van der Waals surface area (Å²) >= 11 is 0. The fourth-order valence-electron chi connectivity index (χ4n) is 1.67. The van der Waals surface area contributed by atoms with Crippen LogP contribution >= 0.6 is 0 Å². The highest BCUT2D eigenvalue weighted by Crippen LogP contribution is 2.19. The Morgan fingerprint density at radius 1 is 1.25 bits per heavy atom. The van der Waals surface area contributed by atoms with Crippen molar-refractivity contribution in [3.63, 3.8) is 0 Å². The van der Waals surface area contributed by atoms with Crippen LogP contribution in [-0.4, -0.2) is 11.9 Å². The van der Waals surface area contributed by atoms with Crippen molar-refractivity contribution in [3.05, 3.63) is 53.7 Å². The van der Waals surface area contributed by atoms with Crippen molar-refractivity contribution in [2.24, 2.45) is 5.73 Å². The number of hydrogen-bond acceptors (Lipinski definition) is 2. The molecule has 0 saturated heterocycles. The molecule has 1 amide bonds. The Bertz CT molecular complexity index is 460. The Kier molecular flexibility index (Phi) is 2.88. The number of amides is 1. The normalized spacial score (nSPS) is 20.6. The predicted molar refractivity (Wildman–Crippen MR) is 64.3 cm³/mol. The first-order valence-corrected chi connectivity index (χ1v) is 5.19. The van der Waals surface area contributed by atoms with Gasteiger partial charge in [0.15, 0.2) is 0 Å². The van der Waals surface area contributed by atoms with E-state index in [1.807, 2.05) is 43.3 Å². The van der Waals surface area contributed by atoms with Gasteiger partial charge in [0.25, 0.3) is 0 Å². The van der Waals surface area contributed by atoms with E-state index in [9.17, 15) is 4.79 Å². The summed E-state index contributed by atoms with van der Waals surface area (Å²) in [6, 6.07) is 9.29. The number of carbonyl (C=O) groups excluding carboxylic acids is 1. The fourth-order valence-corrected chi connectivity index (χ4v) is 1.67. The zero-order chi connectivity index (χ0) is 11.5. The van der Waals surface area contributed by atoms with Crippen LogP contribution in [0, 0.1) is 0 Å². The standard InChI is InChI=1S/C13H14N2O/c1-9-7-11(8-12(14)13(16)15-9)10-5-3-2-4-6-10/h2-8,12H,14H2,1H3,(H,15,16). The van der Waals surface area contributed by atoms with Crippen LogP contribution in [0.25, 0.3) is 5.57 Å². The van der Waals surface area contributed by atoms with Crippen molar-refractivity contribution in [1.82, 2.24) is 5.32 Å². The summed E-state index contributed by atoms with van der Waals surface area (Å²) in [7, 11) is 0. The van der Waals surface area contributed by atoms with Crippen LogP contribution in [0.2, 0.25) is 0 Å². The Morgan fingerprint density at radius 3 is 2.62 bits per heavy atom. The van der Waals surface area contributed by atoms with Crippen LogP contribution in [-0.2, 0) is 4.79 Å². The van der Waals surface area contributed by atoms with E-state index in [2.05, 4.69) is 5.32 Å². The zero-order valence-electron chi connectivity index (χ0n) is 9.10. The van der Waals surface area contributed by atoms with E-state index in [1.54, 1.807) is 6.08 Å². The maximum Gasteiger partial charge on any atom is 0.245 e. The number of nitrogens with two attached hydrogens (primary N) is 1. The van der Waals surface area contributed by atoms with Gasteiger partial charge in [0, 0.05) is 5.70 Å². The quantitative estimate of drug-likeness (QED) is 0.743. The third kappa shape index (κ3) is 2.20. The van der Waals surface area contributed by atoms with Crippen LogP contribution < -0.4 is 11.1 Å². The molecule has 1 aliphatic heterocycles. The highest BCUT2D eigenvalue weighted by atomic mass is 16.2. The lowest BCUT2D eigenvalue weighted by Gasteiger charge is -2.04. The molecule has 1 aliphatic rings. The molecule has 1 heterocycles. The summed E-state index contributed by atoms with van der Waals surface area (Å²) in [6.45, 7) is 1.85. The second kappa shape index (κ2) is 4.33. The molecule has 0 bridgehead atoms. The van der Waals surface area contributed by atoms with E-state index >= 15 is 0 Å². The molecular formula is C13H14N2O. The van der Waals surface area contributed by atoms with Crippen molar-refractivity contribution in [2.75, 3.05) is 0 Å². The molecule has 1 aromatic carbocycles. The molecule has 3 N–H and O–H groups in total. The molecular weight excluding hydrogens is 200 g/mol. The third-order valence-electron chi connectivity index (χ3n) is 2.46. The smallest absolute Gasteiger partial charge is 0.245 e. The second-order valence-corrected chi connectivity index (χ2v) is 3.83. The zero-order valence-corrected chi connectivity index (χ0v) is 9.10. The van der Waals surface area contributed by atoms with E-state index in [0.717, 1.165) is 16.8 Å². The van der Waals surface area contributed by atoms with E-state index in [0.29, 0.717) is 0 Å². The highest BCUT2D eigenvalue weighted by Gasteiger charge is 2.15. The molecule has 3 nitrogen and oxygen atoms in total. The van der Waals surface area contributed by atoms with Gasteiger partial charge in [0.05, 0.1) is 0 Å². The first-order chi connectivity index (χ1) is 7.66. The van der Waals surface area contributed by atoms with E-state index in [-0.39, 0.29) is 5.91 Å². The lowest BCUT2D eigenvalue weighted by Crippen LogP contribution is -2.37. The van der Waals surface area contributed by atoms with Crippen molar-refractivity contribution >= 4 is 11.5 Å². The Morgan fingerprint density at radius 2 is 1.94 bits per heavy atom. The van der Waals surface area contributed by atoms with Crippen LogP contribution in [0.15, 0.2) is 48.2 Å². The molecule has 0 fully saturated rings. The van der Waals surface area contributed by atoms with Crippen molar-refractivity contribution in [3.8, 4) is 0 Å². The monoisotopic (exact) mass is 214 g/mol. The number of carbonyl (C=O) groups is 1. The summed E-state index contributed by atoms with van der Waals surface area (Å²) in [6.07, 6.45) is 3.71. The lowest BCUT2D eigenvalue weighted by molar-refractivity contribution is -0.120. The predicted octanol–water partition coefficient (Wildman–Crippen LogP) is 1.43. The SMILES string of the molecule is CC1=CC(c2ccccc2)=CC(N)C(=O)N1. The molecule has 0 saturated carbocycles. The maximum absolute atomic E-state index is 11.5. The summed E-state index contributed by atoms with van der Waals surface area (Å²) < 4.78 is 0. The van der Waals surface area contributed by atoms with Crippen LogP contribution in [0.1, 0.15) is 12.5 Å². The van der Waals surface area contributed by atoms with Gasteiger partial charge in [-0.2, -0.15) is 0 Å². The van der Waals surface area contributed by atoms with E-state index in [4.69, 9.17) is 5.73 Å².